The lowest BCUT2D eigenvalue weighted by Crippen LogP contribution is -2.38. The number of nitrogens with zero attached hydrogens (tertiary/aromatic N) is 2. The normalized spacial score (nSPS) is 20.5. The summed E-state index contributed by atoms with van der Waals surface area (Å²) in [5, 5.41) is 6.31. The van der Waals surface area contributed by atoms with Gasteiger partial charge in [-0.1, -0.05) is 0 Å². The standard InChI is InChI=1S/C10H13F3N4O/c11-10(12,13)18-9-6-15-8(5-16-9)17-7-2-1-3-14-4-7/h5-7,14H,1-4H2,(H,15,17). The molecule has 1 aliphatic rings. The first-order valence-corrected chi connectivity index (χ1v) is 5.58. The molecule has 8 heteroatoms. The first kappa shape index (κ1) is 12.9. The average molecular weight is 262 g/mol. The van der Waals surface area contributed by atoms with Crippen LogP contribution in [0.2, 0.25) is 0 Å². The maximum Gasteiger partial charge on any atom is 0.574 e. The summed E-state index contributed by atoms with van der Waals surface area (Å²) in [5.41, 5.74) is 0. The van der Waals surface area contributed by atoms with Gasteiger partial charge in [0.2, 0.25) is 5.88 Å². The number of rotatable bonds is 3. The van der Waals surface area contributed by atoms with Gasteiger partial charge in [-0.25, -0.2) is 9.97 Å². The molecule has 0 aromatic carbocycles. The number of hydrogen-bond donors (Lipinski definition) is 2. The molecule has 1 fully saturated rings. The van der Waals surface area contributed by atoms with Crippen LogP contribution in [0.5, 0.6) is 5.88 Å². The van der Waals surface area contributed by atoms with Crippen molar-refractivity contribution in [1.29, 1.82) is 0 Å². The number of piperidine rings is 1. The van der Waals surface area contributed by atoms with Crippen molar-refractivity contribution in [2.24, 2.45) is 0 Å². The quantitative estimate of drug-likeness (QED) is 0.865. The zero-order valence-corrected chi connectivity index (χ0v) is 9.50. The van der Waals surface area contributed by atoms with E-state index in [4.69, 9.17) is 0 Å². The molecule has 0 aliphatic carbocycles. The van der Waals surface area contributed by atoms with Gasteiger partial charge in [-0.15, -0.1) is 13.2 Å². The van der Waals surface area contributed by atoms with Gasteiger partial charge in [-0.05, 0) is 19.4 Å². The molecule has 1 aromatic rings. The molecule has 1 unspecified atom stereocenters. The fourth-order valence-corrected chi connectivity index (χ4v) is 1.75. The number of aromatic nitrogens is 2. The van der Waals surface area contributed by atoms with Crippen LogP contribution in [0.3, 0.4) is 0 Å². The van der Waals surface area contributed by atoms with Gasteiger partial charge in [-0.3, -0.25) is 0 Å². The van der Waals surface area contributed by atoms with Crippen molar-refractivity contribution < 1.29 is 17.9 Å². The van der Waals surface area contributed by atoms with Crippen molar-refractivity contribution in [3.05, 3.63) is 12.4 Å². The van der Waals surface area contributed by atoms with Crippen LogP contribution in [-0.2, 0) is 0 Å². The summed E-state index contributed by atoms with van der Waals surface area (Å²) in [7, 11) is 0. The number of nitrogens with one attached hydrogen (secondary N) is 2. The second kappa shape index (κ2) is 5.38. The number of anilines is 1. The Balaban J connectivity index is 1.90. The molecule has 0 amide bonds. The molecule has 1 aliphatic heterocycles. The lowest BCUT2D eigenvalue weighted by Gasteiger charge is -2.24. The second-order valence-corrected chi connectivity index (χ2v) is 3.98. The molecule has 2 rings (SSSR count). The minimum Gasteiger partial charge on any atom is -0.386 e. The van der Waals surface area contributed by atoms with Crippen LogP contribution >= 0.6 is 0 Å². The maximum atomic E-state index is 11.9. The number of ether oxygens (including phenoxy) is 1. The van der Waals surface area contributed by atoms with E-state index in [0.29, 0.717) is 5.82 Å². The molecule has 0 bridgehead atoms. The Bertz CT molecular complexity index is 376. The summed E-state index contributed by atoms with van der Waals surface area (Å²) in [6.45, 7) is 1.80. The van der Waals surface area contributed by atoms with Crippen LogP contribution in [0.15, 0.2) is 12.4 Å². The summed E-state index contributed by atoms with van der Waals surface area (Å²) in [5.74, 6) is -0.118. The third-order valence-electron chi connectivity index (χ3n) is 2.50. The number of alkyl halides is 3. The molecule has 1 atom stereocenters. The Labute approximate surface area is 102 Å². The van der Waals surface area contributed by atoms with Crippen molar-refractivity contribution in [3.63, 3.8) is 0 Å². The Kier molecular flexibility index (Phi) is 3.85. The van der Waals surface area contributed by atoms with Crippen LogP contribution in [0, 0.1) is 0 Å². The first-order valence-electron chi connectivity index (χ1n) is 5.58. The zero-order chi connectivity index (χ0) is 13.0. The van der Waals surface area contributed by atoms with E-state index in [1.54, 1.807) is 0 Å². The molecule has 2 N–H and O–H groups in total. The van der Waals surface area contributed by atoms with Gasteiger partial charge in [0.25, 0.3) is 0 Å². The highest BCUT2D eigenvalue weighted by molar-refractivity contribution is 5.33. The van der Waals surface area contributed by atoms with Gasteiger partial charge in [0.15, 0.2) is 0 Å². The Morgan fingerprint density at radius 2 is 2.17 bits per heavy atom. The zero-order valence-electron chi connectivity index (χ0n) is 9.50. The molecule has 0 saturated carbocycles. The fraction of sp³-hybridized carbons (Fsp3) is 0.600. The van der Waals surface area contributed by atoms with E-state index in [1.807, 2.05) is 0 Å². The van der Waals surface area contributed by atoms with Crippen molar-refractivity contribution in [2.75, 3.05) is 18.4 Å². The van der Waals surface area contributed by atoms with Crippen LogP contribution in [0.25, 0.3) is 0 Å². The molecule has 100 valence electrons. The molecule has 18 heavy (non-hydrogen) atoms. The van der Waals surface area contributed by atoms with Crippen molar-refractivity contribution in [2.45, 2.75) is 25.2 Å². The highest BCUT2D eigenvalue weighted by Crippen LogP contribution is 2.20. The summed E-state index contributed by atoms with van der Waals surface area (Å²) in [4.78, 5) is 7.37. The van der Waals surface area contributed by atoms with Crippen molar-refractivity contribution in [3.8, 4) is 5.88 Å². The lowest BCUT2D eigenvalue weighted by atomic mass is 10.1. The monoisotopic (exact) mass is 262 g/mol. The van der Waals surface area contributed by atoms with E-state index in [2.05, 4.69) is 25.3 Å². The second-order valence-electron chi connectivity index (χ2n) is 3.98. The van der Waals surface area contributed by atoms with E-state index in [-0.39, 0.29) is 6.04 Å². The van der Waals surface area contributed by atoms with Crippen LogP contribution in [-0.4, -0.2) is 35.5 Å². The maximum absolute atomic E-state index is 11.9. The van der Waals surface area contributed by atoms with E-state index in [0.717, 1.165) is 32.1 Å². The van der Waals surface area contributed by atoms with Crippen LogP contribution < -0.4 is 15.4 Å². The molecule has 1 saturated heterocycles. The van der Waals surface area contributed by atoms with E-state index in [1.165, 1.54) is 6.20 Å². The smallest absolute Gasteiger partial charge is 0.386 e. The van der Waals surface area contributed by atoms with Crippen molar-refractivity contribution >= 4 is 5.82 Å². The summed E-state index contributed by atoms with van der Waals surface area (Å²) in [6, 6.07) is 0.224. The lowest BCUT2D eigenvalue weighted by molar-refractivity contribution is -0.276. The third-order valence-corrected chi connectivity index (χ3v) is 2.50. The Morgan fingerprint density at radius 1 is 1.33 bits per heavy atom. The third kappa shape index (κ3) is 4.02. The topological polar surface area (TPSA) is 59.1 Å². The summed E-state index contributed by atoms with van der Waals surface area (Å²) >= 11 is 0. The molecule has 0 spiro atoms. The largest absolute Gasteiger partial charge is 0.574 e. The Hall–Kier alpha value is -1.57. The molecule has 5 nitrogen and oxygen atoms in total. The van der Waals surface area contributed by atoms with Gasteiger partial charge in [0, 0.05) is 12.6 Å². The molecular formula is C10H13F3N4O. The van der Waals surface area contributed by atoms with Gasteiger partial charge >= 0.3 is 6.36 Å². The summed E-state index contributed by atoms with van der Waals surface area (Å²) < 4.78 is 39.3. The predicted octanol–water partition coefficient (Wildman–Crippen LogP) is 1.54. The van der Waals surface area contributed by atoms with Crippen molar-refractivity contribution in [1.82, 2.24) is 15.3 Å². The highest BCUT2D eigenvalue weighted by atomic mass is 19.4. The van der Waals surface area contributed by atoms with Gasteiger partial charge in [-0.2, -0.15) is 0 Å². The van der Waals surface area contributed by atoms with Gasteiger partial charge < -0.3 is 15.4 Å². The average Bonchev–Trinajstić information content (AvgIpc) is 2.31. The fourth-order valence-electron chi connectivity index (χ4n) is 1.75. The van der Waals surface area contributed by atoms with Gasteiger partial charge in [0.05, 0.1) is 12.4 Å². The van der Waals surface area contributed by atoms with E-state index < -0.39 is 12.2 Å². The SMILES string of the molecule is FC(F)(F)Oc1cnc(NC2CCCNC2)cn1. The molecule has 2 heterocycles. The van der Waals surface area contributed by atoms with Gasteiger partial charge in [0.1, 0.15) is 5.82 Å². The molecule has 0 radical (unpaired) electrons. The first-order chi connectivity index (χ1) is 8.53. The minimum absolute atomic E-state index is 0.224. The number of halogens is 3. The minimum atomic E-state index is -4.74. The predicted molar refractivity (Wildman–Crippen MR) is 58.2 cm³/mol. The highest BCUT2D eigenvalue weighted by Gasteiger charge is 2.31. The van der Waals surface area contributed by atoms with E-state index >= 15 is 0 Å². The van der Waals surface area contributed by atoms with E-state index in [9.17, 15) is 13.2 Å². The van der Waals surface area contributed by atoms with Crippen LogP contribution in [0.1, 0.15) is 12.8 Å². The van der Waals surface area contributed by atoms with Crippen LogP contribution in [0.4, 0.5) is 19.0 Å². The molecule has 1 aromatic heterocycles. The molecular weight excluding hydrogens is 249 g/mol. The number of hydrogen-bond acceptors (Lipinski definition) is 5. The summed E-state index contributed by atoms with van der Waals surface area (Å²) in [6.07, 6.45) is -0.505. The Morgan fingerprint density at radius 3 is 2.72 bits per heavy atom.